The van der Waals surface area contributed by atoms with Crippen LogP contribution in [0.5, 0.6) is 0 Å². The van der Waals surface area contributed by atoms with Crippen molar-refractivity contribution in [2.75, 3.05) is 11.9 Å². The van der Waals surface area contributed by atoms with Gasteiger partial charge in [0.2, 0.25) is 0 Å². The number of anilines is 2. The van der Waals surface area contributed by atoms with Gasteiger partial charge in [-0.25, -0.2) is 14.3 Å². The smallest absolute Gasteiger partial charge is 0.277 e. The SMILES string of the molecule is CC(C)(ONC(=O)c1cc(Br)c(F)cc1Nc1ccc(I)cc1F)C(O)CO. The third kappa shape index (κ3) is 5.60. The van der Waals surface area contributed by atoms with Crippen LogP contribution in [0, 0.1) is 15.2 Å². The summed E-state index contributed by atoms with van der Waals surface area (Å²) in [6.07, 6.45) is -1.24. The highest BCUT2D eigenvalue weighted by Crippen LogP contribution is 2.29. The minimum atomic E-state index is -1.28. The zero-order valence-corrected chi connectivity index (χ0v) is 18.6. The molecular weight excluding hydrogens is 553 g/mol. The second-order valence-electron chi connectivity index (χ2n) is 6.40. The summed E-state index contributed by atoms with van der Waals surface area (Å²) in [4.78, 5) is 17.7. The fourth-order valence-corrected chi connectivity index (χ4v) is 2.89. The van der Waals surface area contributed by atoms with Gasteiger partial charge in [0.05, 0.1) is 28.0 Å². The molecule has 10 heteroatoms. The molecule has 0 saturated heterocycles. The van der Waals surface area contributed by atoms with Crippen LogP contribution in [0.4, 0.5) is 20.2 Å². The number of hydrogen-bond donors (Lipinski definition) is 4. The molecule has 0 fully saturated rings. The summed E-state index contributed by atoms with van der Waals surface area (Å²) >= 11 is 4.97. The van der Waals surface area contributed by atoms with Gasteiger partial charge in [-0.3, -0.25) is 9.63 Å². The highest BCUT2D eigenvalue weighted by molar-refractivity contribution is 14.1. The van der Waals surface area contributed by atoms with Crippen molar-refractivity contribution in [3.05, 3.63) is 55.6 Å². The molecule has 0 radical (unpaired) electrons. The molecule has 0 spiro atoms. The molecule has 1 amide bonds. The molecular formula is C18H18BrF2IN2O4. The number of halogens is 4. The van der Waals surface area contributed by atoms with E-state index in [0.29, 0.717) is 3.57 Å². The average molecular weight is 571 g/mol. The fourth-order valence-electron chi connectivity index (χ4n) is 2.09. The number of hydroxylamine groups is 1. The van der Waals surface area contributed by atoms with Crippen LogP contribution in [0.15, 0.2) is 34.8 Å². The predicted octanol–water partition coefficient (Wildman–Crippen LogP) is 3.87. The molecule has 28 heavy (non-hydrogen) atoms. The standard InChI is InChI=1S/C18H18BrF2IN2O4/c1-18(2,16(26)8-25)28-24-17(27)10-6-11(19)12(20)7-15(10)23-14-4-3-9(22)5-13(14)21/h3-7,16,23,25-26H,8H2,1-2H3,(H,24,27). The van der Waals surface area contributed by atoms with Gasteiger partial charge in [0.15, 0.2) is 0 Å². The quantitative estimate of drug-likeness (QED) is 0.300. The fraction of sp³-hybridized carbons (Fsp3) is 0.278. The number of carbonyl (C=O) groups is 1. The highest BCUT2D eigenvalue weighted by atomic mass is 127. The van der Waals surface area contributed by atoms with Gasteiger partial charge in [-0.15, -0.1) is 0 Å². The van der Waals surface area contributed by atoms with Crippen molar-refractivity contribution in [2.45, 2.75) is 25.6 Å². The lowest BCUT2D eigenvalue weighted by Crippen LogP contribution is -2.46. The Morgan fingerprint density at radius 3 is 2.54 bits per heavy atom. The van der Waals surface area contributed by atoms with Gasteiger partial charge in [-0.1, -0.05) is 0 Å². The number of aliphatic hydroxyl groups excluding tert-OH is 2. The molecule has 152 valence electrons. The molecule has 2 aromatic rings. The van der Waals surface area contributed by atoms with Crippen molar-refractivity contribution in [2.24, 2.45) is 0 Å². The van der Waals surface area contributed by atoms with Crippen molar-refractivity contribution in [1.29, 1.82) is 0 Å². The van der Waals surface area contributed by atoms with Crippen molar-refractivity contribution in [3.8, 4) is 0 Å². The number of hydrogen-bond acceptors (Lipinski definition) is 5. The van der Waals surface area contributed by atoms with Gasteiger partial charge in [0, 0.05) is 3.57 Å². The third-order valence-corrected chi connectivity index (χ3v) is 5.17. The average Bonchev–Trinajstić information content (AvgIpc) is 2.64. The molecule has 1 unspecified atom stereocenters. The van der Waals surface area contributed by atoms with Crippen LogP contribution in [0.2, 0.25) is 0 Å². The maximum Gasteiger partial charge on any atom is 0.277 e. The van der Waals surface area contributed by atoms with Crippen LogP contribution in [-0.4, -0.2) is 34.4 Å². The minimum absolute atomic E-state index is 0.0161. The molecule has 4 N–H and O–H groups in total. The van der Waals surface area contributed by atoms with E-state index in [4.69, 9.17) is 9.94 Å². The molecule has 1 atom stereocenters. The van der Waals surface area contributed by atoms with E-state index in [-0.39, 0.29) is 21.4 Å². The molecule has 0 heterocycles. The summed E-state index contributed by atoms with van der Waals surface area (Å²) in [5.74, 6) is -1.97. The monoisotopic (exact) mass is 570 g/mol. The number of rotatable bonds is 7. The molecule has 0 aliphatic rings. The van der Waals surface area contributed by atoms with Crippen molar-refractivity contribution < 1.29 is 28.6 Å². The van der Waals surface area contributed by atoms with Gasteiger partial charge in [-0.2, -0.15) is 0 Å². The number of amides is 1. The van der Waals surface area contributed by atoms with Gasteiger partial charge in [0.1, 0.15) is 23.3 Å². The molecule has 0 aliphatic heterocycles. The molecule has 2 aromatic carbocycles. The van der Waals surface area contributed by atoms with E-state index in [1.165, 1.54) is 32.0 Å². The van der Waals surface area contributed by atoms with Crippen molar-refractivity contribution >= 4 is 55.8 Å². The molecule has 2 rings (SSSR count). The topological polar surface area (TPSA) is 90.8 Å². The second-order valence-corrected chi connectivity index (χ2v) is 8.50. The summed E-state index contributed by atoms with van der Waals surface area (Å²) in [5, 5.41) is 21.5. The summed E-state index contributed by atoms with van der Waals surface area (Å²) in [6.45, 7) is 2.37. The van der Waals surface area contributed by atoms with E-state index in [9.17, 15) is 18.7 Å². The first-order valence-corrected chi connectivity index (χ1v) is 9.90. The normalized spacial score (nSPS) is 12.6. The van der Waals surface area contributed by atoms with Crippen LogP contribution in [0.1, 0.15) is 24.2 Å². The lowest BCUT2D eigenvalue weighted by atomic mass is 10.0. The summed E-state index contributed by atoms with van der Waals surface area (Å²) in [5.41, 5.74) is 0.934. The van der Waals surface area contributed by atoms with Gasteiger partial charge in [-0.05, 0) is 82.7 Å². The maximum atomic E-state index is 14.1. The first-order valence-electron chi connectivity index (χ1n) is 8.03. The Hall–Kier alpha value is -1.34. The lowest BCUT2D eigenvalue weighted by Gasteiger charge is -2.28. The maximum absolute atomic E-state index is 14.1. The molecule has 6 nitrogen and oxygen atoms in total. The number of carbonyl (C=O) groups excluding carboxylic acids is 1. The first kappa shape index (κ1) is 22.9. The first-order chi connectivity index (χ1) is 13.0. The summed E-state index contributed by atoms with van der Waals surface area (Å²) in [7, 11) is 0. The Kier molecular flexibility index (Phi) is 7.73. The van der Waals surface area contributed by atoms with E-state index >= 15 is 0 Å². The van der Waals surface area contributed by atoms with Crippen LogP contribution >= 0.6 is 38.5 Å². The van der Waals surface area contributed by atoms with Crippen molar-refractivity contribution in [3.63, 3.8) is 0 Å². The van der Waals surface area contributed by atoms with Crippen LogP contribution in [0.25, 0.3) is 0 Å². The Morgan fingerprint density at radius 2 is 1.93 bits per heavy atom. The van der Waals surface area contributed by atoms with Crippen LogP contribution in [0.3, 0.4) is 0 Å². The van der Waals surface area contributed by atoms with E-state index in [0.717, 1.165) is 6.07 Å². The number of aliphatic hydroxyl groups is 2. The van der Waals surface area contributed by atoms with Crippen molar-refractivity contribution in [1.82, 2.24) is 5.48 Å². The summed E-state index contributed by atoms with van der Waals surface area (Å²) in [6, 6.07) is 6.68. The molecule has 0 aromatic heterocycles. The highest BCUT2D eigenvalue weighted by Gasteiger charge is 2.30. The van der Waals surface area contributed by atoms with E-state index in [2.05, 4.69) is 26.7 Å². The van der Waals surface area contributed by atoms with Crippen LogP contribution < -0.4 is 10.8 Å². The Labute approximate surface area is 182 Å². The summed E-state index contributed by atoms with van der Waals surface area (Å²) < 4.78 is 28.9. The zero-order valence-electron chi connectivity index (χ0n) is 14.9. The van der Waals surface area contributed by atoms with Gasteiger partial charge in [0.25, 0.3) is 5.91 Å². The van der Waals surface area contributed by atoms with E-state index in [1.807, 2.05) is 22.6 Å². The molecule has 0 aliphatic carbocycles. The minimum Gasteiger partial charge on any atom is -0.394 e. The van der Waals surface area contributed by atoms with Gasteiger partial charge < -0.3 is 15.5 Å². The van der Waals surface area contributed by atoms with E-state index in [1.54, 1.807) is 6.07 Å². The second kappa shape index (κ2) is 9.44. The lowest BCUT2D eigenvalue weighted by molar-refractivity contribution is -0.144. The predicted molar refractivity (Wildman–Crippen MR) is 112 cm³/mol. The van der Waals surface area contributed by atoms with E-state index < -0.39 is 35.9 Å². The number of nitrogens with one attached hydrogen (secondary N) is 2. The zero-order chi connectivity index (χ0) is 21.1. The molecule has 0 saturated carbocycles. The molecule has 0 bridgehead atoms. The van der Waals surface area contributed by atoms with Crippen LogP contribution in [-0.2, 0) is 4.84 Å². The third-order valence-electron chi connectivity index (χ3n) is 3.89. The number of benzene rings is 2. The largest absolute Gasteiger partial charge is 0.394 e. The Bertz CT molecular complexity index is 883. The Balaban J connectivity index is 2.30. The Morgan fingerprint density at radius 1 is 1.25 bits per heavy atom. The van der Waals surface area contributed by atoms with Gasteiger partial charge >= 0.3 is 0 Å².